The zero-order chi connectivity index (χ0) is 25.9. The summed E-state index contributed by atoms with van der Waals surface area (Å²) in [6.45, 7) is 2.83. The minimum Gasteiger partial charge on any atom is -0.478 e. The van der Waals surface area contributed by atoms with Gasteiger partial charge in [0.1, 0.15) is 0 Å². The largest absolute Gasteiger partial charge is 0.478 e. The molecule has 4 N–H and O–H groups in total. The third kappa shape index (κ3) is 13.2. The lowest BCUT2D eigenvalue weighted by Crippen LogP contribution is -2.16. The lowest BCUT2D eigenvalue weighted by atomic mass is 9.99. The van der Waals surface area contributed by atoms with Crippen LogP contribution in [0.15, 0.2) is 12.1 Å². The van der Waals surface area contributed by atoms with Gasteiger partial charge in [-0.3, -0.25) is 0 Å². The third-order valence-electron chi connectivity index (χ3n) is 6.42. The first kappa shape index (κ1) is 30.5. The number of hydrogen-bond acceptors (Lipinski definition) is 4. The van der Waals surface area contributed by atoms with E-state index in [1.807, 2.05) is 0 Å². The fourth-order valence-electron chi connectivity index (χ4n) is 4.39. The molecule has 0 fully saturated rings. The summed E-state index contributed by atoms with van der Waals surface area (Å²) in [4.78, 5) is 34.2. The predicted molar refractivity (Wildman–Crippen MR) is 140 cm³/mol. The summed E-state index contributed by atoms with van der Waals surface area (Å²) in [6, 6.07) is 2.37. The molecule has 1 aromatic rings. The molecule has 0 atom stereocenters. The van der Waals surface area contributed by atoms with E-state index in [1.54, 1.807) is 0 Å². The van der Waals surface area contributed by atoms with Crippen molar-refractivity contribution in [3.05, 3.63) is 28.8 Å². The number of rotatable bonds is 22. The number of benzene rings is 1. The zero-order valence-electron chi connectivity index (χ0n) is 21.4. The molecule has 0 saturated heterocycles. The Hall–Kier alpha value is -2.57. The number of unbranched alkanes of at least 4 members (excludes halogenated alkanes) is 16. The Morgan fingerprint density at radius 3 is 1.23 bits per heavy atom. The average Bonchev–Trinajstić information content (AvgIpc) is 2.82. The summed E-state index contributed by atoms with van der Waals surface area (Å²) < 4.78 is 0. The molecular weight excluding hydrogens is 446 g/mol. The monoisotopic (exact) mass is 491 g/mol. The maximum atomic E-state index is 11.4. The Labute approximate surface area is 210 Å². The van der Waals surface area contributed by atoms with E-state index < -0.39 is 34.6 Å². The molecule has 0 aliphatic carbocycles. The van der Waals surface area contributed by atoms with Crippen LogP contribution in [0.25, 0.3) is 0 Å². The van der Waals surface area contributed by atoms with E-state index in [0.717, 1.165) is 19.3 Å². The Balaban J connectivity index is 2.11. The number of carboxylic acid groups (broad SMARTS) is 3. The van der Waals surface area contributed by atoms with Crippen molar-refractivity contribution in [3.8, 4) is 0 Å². The summed E-state index contributed by atoms with van der Waals surface area (Å²) in [6.07, 6.45) is 21.9. The average molecular weight is 492 g/mol. The maximum Gasteiger partial charge on any atom is 0.337 e. The van der Waals surface area contributed by atoms with E-state index in [0.29, 0.717) is 12.2 Å². The van der Waals surface area contributed by atoms with Crippen LogP contribution in [-0.2, 0) is 0 Å². The lowest BCUT2D eigenvalue weighted by molar-refractivity contribution is 0.0633. The first-order chi connectivity index (χ1) is 16.9. The van der Waals surface area contributed by atoms with Gasteiger partial charge in [-0.1, -0.05) is 110 Å². The molecule has 0 aliphatic heterocycles. The van der Waals surface area contributed by atoms with Gasteiger partial charge in [-0.2, -0.15) is 0 Å². The van der Waals surface area contributed by atoms with Gasteiger partial charge in [0.15, 0.2) is 0 Å². The molecule has 198 valence electrons. The SMILES string of the molecule is CCCCCCCCCCCCCCCCCCCNc1cc(C(=O)O)c(C(=O)O)c(C(=O)O)c1. The van der Waals surface area contributed by atoms with Crippen LogP contribution in [0.4, 0.5) is 5.69 Å². The van der Waals surface area contributed by atoms with Crippen LogP contribution < -0.4 is 5.32 Å². The van der Waals surface area contributed by atoms with Crippen molar-refractivity contribution in [3.63, 3.8) is 0 Å². The van der Waals surface area contributed by atoms with Gasteiger partial charge >= 0.3 is 17.9 Å². The highest BCUT2D eigenvalue weighted by Crippen LogP contribution is 2.22. The molecule has 7 nitrogen and oxygen atoms in total. The standard InChI is InChI=1S/C28H45NO6/c1-2-3-4-5-6-7-8-9-10-11-12-13-14-15-16-17-18-19-29-22-20-23(26(30)31)25(28(34)35)24(21-22)27(32)33/h20-21,29H,2-19H2,1H3,(H,30,31)(H,32,33)(H,34,35). The highest BCUT2D eigenvalue weighted by Gasteiger charge is 2.25. The zero-order valence-corrected chi connectivity index (χ0v) is 21.4. The van der Waals surface area contributed by atoms with Gasteiger partial charge in [-0.05, 0) is 18.6 Å². The lowest BCUT2D eigenvalue weighted by Gasteiger charge is -2.12. The van der Waals surface area contributed by atoms with E-state index in [1.165, 1.54) is 102 Å². The maximum absolute atomic E-state index is 11.4. The van der Waals surface area contributed by atoms with Gasteiger partial charge < -0.3 is 20.6 Å². The van der Waals surface area contributed by atoms with Crippen LogP contribution in [-0.4, -0.2) is 39.8 Å². The highest BCUT2D eigenvalue weighted by molar-refractivity contribution is 6.10. The number of nitrogens with one attached hydrogen (secondary N) is 1. The van der Waals surface area contributed by atoms with Crippen molar-refractivity contribution in [2.45, 2.75) is 116 Å². The van der Waals surface area contributed by atoms with E-state index in [4.69, 9.17) is 0 Å². The topological polar surface area (TPSA) is 124 Å². The van der Waals surface area contributed by atoms with Gasteiger partial charge in [0.25, 0.3) is 0 Å². The molecule has 0 amide bonds. The van der Waals surface area contributed by atoms with Crippen molar-refractivity contribution in [2.75, 3.05) is 11.9 Å². The summed E-state index contributed by atoms with van der Waals surface area (Å²) in [7, 11) is 0. The minimum atomic E-state index is -1.57. The first-order valence-electron chi connectivity index (χ1n) is 13.5. The Morgan fingerprint density at radius 1 is 0.571 bits per heavy atom. The van der Waals surface area contributed by atoms with E-state index >= 15 is 0 Å². The number of aromatic carboxylic acids is 3. The number of carboxylic acids is 3. The number of carbonyl (C=O) groups is 3. The van der Waals surface area contributed by atoms with Gasteiger partial charge in [-0.25, -0.2) is 14.4 Å². The summed E-state index contributed by atoms with van der Waals surface area (Å²) in [5.41, 5.74) is -1.45. The second-order valence-electron chi connectivity index (χ2n) is 9.45. The fourth-order valence-corrected chi connectivity index (χ4v) is 4.39. The van der Waals surface area contributed by atoms with Crippen molar-refractivity contribution in [2.24, 2.45) is 0 Å². The normalized spacial score (nSPS) is 10.9. The third-order valence-corrected chi connectivity index (χ3v) is 6.42. The number of hydrogen-bond donors (Lipinski definition) is 4. The summed E-state index contributed by atoms with van der Waals surface area (Å²) in [5, 5.41) is 30.8. The van der Waals surface area contributed by atoms with Crippen molar-refractivity contribution < 1.29 is 29.7 Å². The highest BCUT2D eigenvalue weighted by atomic mass is 16.4. The predicted octanol–water partition coefficient (Wildman–Crippen LogP) is 7.84. The molecular formula is C28H45NO6. The van der Waals surface area contributed by atoms with Crippen LogP contribution in [0.2, 0.25) is 0 Å². The number of anilines is 1. The molecule has 7 heteroatoms. The minimum absolute atomic E-state index is 0.307. The van der Waals surface area contributed by atoms with Crippen molar-refractivity contribution in [1.29, 1.82) is 0 Å². The molecule has 0 heterocycles. The van der Waals surface area contributed by atoms with Crippen LogP contribution in [0, 0.1) is 0 Å². The Kier molecular flexibility index (Phi) is 16.3. The molecule has 0 saturated carbocycles. The van der Waals surface area contributed by atoms with Crippen molar-refractivity contribution >= 4 is 23.6 Å². The second kappa shape index (κ2) is 18.7. The van der Waals surface area contributed by atoms with Gasteiger partial charge in [0, 0.05) is 12.2 Å². The van der Waals surface area contributed by atoms with Crippen molar-refractivity contribution in [1.82, 2.24) is 0 Å². The molecule has 0 bridgehead atoms. The Morgan fingerprint density at radius 2 is 0.914 bits per heavy atom. The molecule has 0 aromatic heterocycles. The molecule has 0 aliphatic rings. The van der Waals surface area contributed by atoms with E-state index in [-0.39, 0.29) is 0 Å². The van der Waals surface area contributed by atoms with E-state index in [2.05, 4.69) is 12.2 Å². The van der Waals surface area contributed by atoms with Crippen LogP contribution in [0.5, 0.6) is 0 Å². The van der Waals surface area contributed by atoms with Gasteiger partial charge in [-0.15, -0.1) is 0 Å². The van der Waals surface area contributed by atoms with Gasteiger partial charge in [0.05, 0.1) is 16.7 Å². The molecule has 0 unspecified atom stereocenters. The van der Waals surface area contributed by atoms with Gasteiger partial charge in [0.2, 0.25) is 0 Å². The van der Waals surface area contributed by atoms with Crippen LogP contribution >= 0.6 is 0 Å². The summed E-state index contributed by atoms with van der Waals surface area (Å²) >= 11 is 0. The molecule has 1 aromatic carbocycles. The molecule has 0 spiro atoms. The molecule has 35 heavy (non-hydrogen) atoms. The molecule has 1 rings (SSSR count). The second-order valence-corrected chi connectivity index (χ2v) is 9.45. The van der Waals surface area contributed by atoms with Crippen LogP contribution in [0.1, 0.15) is 147 Å². The first-order valence-corrected chi connectivity index (χ1v) is 13.5. The smallest absolute Gasteiger partial charge is 0.337 e. The van der Waals surface area contributed by atoms with Crippen LogP contribution in [0.3, 0.4) is 0 Å². The van der Waals surface area contributed by atoms with E-state index in [9.17, 15) is 29.7 Å². The summed E-state index contributed by atoms with van der Waals surface area (Å²) in [5.74, 6) is -4.50. The quantitative estimate of drug-likeness (QED) is 0.122. The fraction of sp³-hybridized carbons (Fsp3) is 0.679. The Bertz CT molecular complexity index is 742. The molecule has 0 radical (unpaired) electrons.